The van der Waals surface area contributed by atoms with Gasteiger partial charge in [0.25, 0.3) is 0 Å². The number of hydrogen-bond donors (Lipinski definition) is 3. The van der Waals surface area contributed by atoms with E-state index in [-0.39, 0.29) is 12.6 Å². The summed E-state index contributed by atoms with van der Waals surface area (Å²) in [5.41, 5.74) is 4.41. The first-order valence-electron chi connectivity index (χ1n) is 7.04. The highest BCUT2D eigenvalue weighted by atomic mass is 16.3. The van der Waals surface area contributed by atoms with Gasteiger partial charge in [-0.05, 0) is 60.2 Å². The summed E-state index contributed by atoms with van der Waals surface area (Å²) < 4.78 is 0. The molecule has 0 amide bonds. The van der Waals surface area contributed by atoms with Crippen LogP contribution in [0.2, 0.25) is 0 Å². The van der Waals surface area contributed by atoms with Crippen LogP contribution in [0.15, 0.2) is 42.5 Å². The lowest BCUT2D eigenvalue weighted by molar-refractivity contribution is 0.282. The van der Waals surface area contributed by atoms with Crippen LogP contribution in [0.3, 0.4) is 0 Å². The number of aromatic hydroxyl groups is 1. The Labute approximate surface area is 118 Å². The van der Waals surface area contributed by atoms with Crippen molar-refractivity contribution in [2.45, 2.75) is 31.9 Å². The van der Waals surface area contributed by atoms with Crippen molar-refractivity contribution in [3.05, 3.63) is 59.2 Å². The summed E-state index contributed by atoms with van der Waals surface area (Å²) in [6, 6.07) is 13.7. The molecule has 1 unspecified atom stereocenters. The number of phenols is 1. The van der Waals surface area contributed by atoms with Gasteiger partial charge in [0.2, 0.25) is 0 Å². The molecular weight excluding hydrogens is 250 g/mol. The molecule has 0 aliphatic heterocycles. The molecule has 1 aliphatic rings. The lowest BCUT2D eigenvalue weighted by atomic mass is 9.87. The van der Waals surface area contributed by atoms with Gasteiger partial charge in [0.1, 0.15) is 5.75 Å². The van der Waals surface area contributed by atoms with Crippen LogP contribution in [0.5, 0.6) is 5.75 Å². The average Bonchev–Trinajstić information content (AvgIpc) is 2.48. The number of hydrogen-bond acceptors (Lipinski definition) is 3. The van der Waals surface area contributed by atoms with E-state index in [1.54, 1.807) is 6.07 Å². The Hall–Kier alpha value is -2.00. The molecule has 0 saturated heterocycles. The number of nitrogens with one attached hydrogen (secondary N) is 1. The molecule has 0 bridgehead atoms. The minimum Gasteiger partial charge on any atom is -0.508 e. The van der Waals surface area contributed by atoms with E-state index in [1.165, 1.54) is 11.1 Å². The molecule has 3 N–H and O–H groups in total. The number of aliphatic hydroxyl groups excluding tert-OH is 1. The van der Waals surface area contributed by atoms with Crippen molar-refractivity contribution in [1.82, 2.24) is 0 Å². The molecule has 0 radical (unpaired) electrons. The van der Waals surface area contributed by atoms with Crippen LogP contribution in [0.4, 0.5) is 5.69 Å². The number of aryl methyl sites for hydroxylation is 1. The van der Waals surface area contributed by atoms with E-state index in [0.717, 1.165) is 30.5 Å². The molecule has 0 aromatic heterocycles. The van der Waals surface area contributed by atoms with E-state index in [4.69, 9.17) is 0 Å². The molecule has 2 aromatic carbocycles. The van der Waals surface area contributed by atoms with Gasteiger partial charge in [0.05, 0.1) is 12.6 Å². The Morgan fingerprint density at radius 1 is 1.15 bits per heavy atom. The highest BCUT2D eigenvalue weighted by Gasteiger charge is 2.20. The first-order valence-corrected chi connectivity index (χ1v) is 7.04. The van der Waals surface area contributed by atoms with Crippen LogP contribution in [-0.2, 0) is 13.0 Å². The molecule has 0 fully saturated rings. The third kappa shape index (κ3) is 2.63. The second-order valence-electron chi connectivity index (χ2n) is 5.33. The predicted molar refractivity (Wildman–Crippen MR) is 79.8 cm³/mol. The third-order valence-electron chi connectivity index (χ3n) is 3.89. The van der Waals surface area contributed by atoms with Gasteiger partial charge in [0, 0.05) is 5.69 Å². The highest BCUT2D eigenvalue weighted by molar-refractivity contribution is 5.50. The van der Waals surface area contributed by atoms with Gasteiger partial charge in [-0.3, -0.25) is 0 Å². The van der Waals surface area contributed by atoms with E-state index in [9.17, 15) is 10.2 Å². The largest absolute Gasteiger partial charge is 0.508 e. The molecule has 3 nitrogen and oxygen atoms in total. The summed E-state index contributed by atoms with van der Waals surface area (Å²) in [6.07, 6.45) is 3.28. The Balaban J connectivity index is 1.87. The zero-order valence-corrected chi connectivity index (χ0v) is 11.3. The summed E-state index contributed by atoms with van der Waals surface area (Å²) in [7, 11) is 0. The first-order chi connectivity index (χ1) is 9.76. The van der Waals surface area contributed by atoms with Gasteiger partial charge in [-0.1, -0.05) is 18.2 Å². The van der Waals surface area contributed by atoms with Crippen LogP contribution in [0.25, 0.3) is 0 Å². The summed E-state index contributed by atoms with van der Waals surface area (Å²) in [6.45, 7) is 0.0531. The Bertz CT molecular complexity index is 610. The normalized spacial score (nSPS) is 17.6. The Kier molecular flexibility index (Phi) is 3.61. The number of rotatable bonds is 3. The van der Waals surface area contributed by atoms with Crippen LogP contribution in [0.1, 0.15) is 35.6 Å². The fourth-order valence-electron chi connectivity index (χ4n) is 2.90. The molecule has 0 saturated carbocycles. The fraction of sp³-hybridized carbons (Fsp3) is 0.294. The molecular formula is C17H19NO2. The molecule has 2 aromatic rings. The summed E-state index contributed by atoms with van der Waals surface area (Å²) in [5.74, 6) is 0.321. The zero-order valence-electron chi connectivity index (χ0n) is 11.3. The minimum atomic E-state index is 0.0531. The van der Waals surface area contributed by atoms with E-state index in [1.807, 2.05) is 36.4 Å². The average molecular weight is 269 g/mol. The van der Waals surface area contributed by atoms with Crippen molar-refractivity contribution in [3.8, 4) is 5.75 Å². The van der Waals surface area contributed by atoms with E-state index in [0.29, 0.717) is 5.75 Å². The lowest BCUT2D eigenvalue weighted by Gasteiger charge is -2.27. The summed E-state index contributed by atoms with van der Waals surface area (Å²) in [5, 5.41) is 22.4. The second-order valence-corrected chi connectivity index (χ2v) is 5.33. The van der Waals surface area contributed by atoms with Crippen LogP contribution in [0, 0.1) is 0 Å². The van der Waals surface area contributed by atoms with E-state index in [2.05, 4.69) is 5.32 Å². The van der Waals surface area contributed by atoms with Gasteiger partial charge < -0.3 is 15.5 Å². The molecule has 3 rings (SSSR count). The van der Waals surface area contributed by atoms with Crippen LogP contribution >= 0.6 is 0 Å². The number of phenolic OH excluding ortho intramolecular Hbond substituents is 1. The van der Waals surface area contributed by atoms with Gasteiger partial charge in [-0.2, -0.15) is 0 Å². The quantitative estimate of drug-likeness (QED) is 0.800. The topological polar surface area (TPSA) is 52.5 Å². The molecule has 3 heteroatoms. The van der Waals surface area contributed by atoms with Crippen molar-refractivity contribution in [1.29, 1.82) is 0 Å². The Morgan fingerprint density at radius 3 is 2.90 bits per heavy atom. The third-order valence-corrected chi connectivity index (χ3v) is 3.89. The molecule has 104 valence electrons. The van der Waals surface area contributed by atoms with Gasteiger partial charge in [0.15, 0.2) is 0 Å². The predicted octanol–water partition coefficient (Wildman–Crippen LogP) is 3.37. The zero-order chi connectivity index (χ0) is 13.9. The Morgan fingerprint density at radius 2 is 2.05 bits per heavy atom. The molecule has 20 heavy (non-hydrogen) atoms. The van der Waals surface area contributed by atoms with Crippen molar-refractivity contribution < 1.29 is 10.2 Å². The van der Waals surface area contributed by atoms with E-state index < -0.39 is 0 Å². The highest BCUT2D eigenvalue weighted by Crippen LogP contribution is 2.34. The SMILES string of the molecule is OCc1cccc(NC2CCCc3ccc(O)cc32)c1. The van der Waals surface area contributed by atoms with Crippen molar-refractivity contribution in [3.63, 3.8) is 0 Å². The summed E-state index contributed by atoms with van der Waals surface area (Å²) in [4.78, 5) is 0. The number of fused-ring (bicyclic) bond motifs is 1. The lowest BCUT2D eigenvalue weighted by Crippen LogP contribution is -2.17. The molecule has 0 spiro atoms. The van der Waals surface area contributed by atoms with Gasteiger partial charge in [-0.15, -0.1) is 0 Å². The maximum atomic E-state index is 9.69. The molecule has 0 heterocycles. The maximum Gasteiger partial charge on any atom is 0.115 e. The van der Waals surface area contributed by atoms with Gasteiger partial charge >= 0.3 is 0 Å². The number of benzene rings is 2. The standard InChI is InChI=1S/C17H19NO2/c19-11-12-3-1-5-14(9-12)18-17-6-2-4-13-7-8-15(20)10-16(13)17/h1,3,5,7-10,17-20H,2,4,6,11H2. The summed E-state index contributed by atoms with van der Waals surface area (Å²) >= 11 is 0. The van der Waals surface area contributed by atoms with Crippen molar-refractivity contribution >= 4 is 5.69 Å². The number of anilines is 1. The number of aliphatic hydroxyl groups is 1. The van der Waals surface area contributed by atoms with Crippen molar-refractivity contribution in [2.75, 3.05) is 5.32 Å². The molecule has 1 aliphatic carbocycles. The van der Waals surface area contributed by atoms with Gasteiger partial charge in [-0.25, -0.2) is 0 Å². The monoisotopic (exact) mass is 269 g/mol. The minimum absolute atomic E-state index is 0.0531. The second kappa shape index (κ2) is 5.55. The van der Waals surface area contributed by atoms with Crippen LogP contribution < -0.4 is 5.32 Å². The fourth-order valence-corrected chi connectivity index (χ4v) is 2.90. The van der Waals surface area contributed by atoms with Crippen molar-refractivity contribution in [2.24, 2.45) is 0 Å². The van der Waals surface area contributed by atoms with E-state index >= 15 is 0 Å². The maximum absolute atomic E-state index is 9.69. The first kappa shape index (κ1) is 13.0. The smallest absolute Gasteiger partial charge is 0.115 e. The molecule has 1 atom stereocenters. The van der Waals surface area contributed by atoms with Crippen LogP contribution in [-0.4, -0.2) is 10.2 Å².